The molecule has 1 amide bonds. The van der Waals surface area contributed by atoms with E-state index in [4.69, 9.17) is 21.8 Å². The van der Waals surface area contributed by atoms with Gasteiger partial charge in [0.1, 0.15) is 11.5 Å². The molecule has 0 heterocycles. The van der Waals surface area contributed by atoms with E-state index in [9.17, 15) is 9.18 Å². The van der Waals surface area contributed by atoms with E-state index in [2.05, 4.69) is 39.2 Å². The molecule has 0 atom stereocenters. The molecule has 0 aliphatic carbocycles. The van der Waals surface area contributed by atoms with Crippen LogP contribution in [0.5, 0.6) is 0 Å². The predicted octanol–water partition coefficient (Wildman–Crippen LogP) is 4.24. The van der Waals surface area contributed by atoms with Crippen LogP contribution in [-0.2, 0) is 9.22 Å². The van der Waals surface area contributed by atoms with E-state index in [1.54, 1.807) is 0 Å². The van der Waals surface area contributed by atoms with Gasteiger partial charge in [-0.05, 0) is 36.3 Å². The fraction of sp³-hybridized carbons (Fsp3) is 0.400. The second-order valence-corrected chi connectivity index (χ2v) is 11.7. The highest BCUT2D eigenvalue weighted by molar-refractivity contribution is 6.74. The van der Waals surface area contributed by atoms with Crippen LogP contribution in [0.1, 0.15) is 20.8 Å². The van der Waals surface area contributed by atoms with Gasteiger partial charge in [0.2, 0.25) is 8.32 Å². The van der Waals surface area contributed by atoms with Crippen molar-refractivity contribution in [2.75, 3.05) is 5.32 Å². The van der Waals surface area contributed by atoms with Crippen LogP contribution in [0.15, 0.2) is 30.2 Å². The summed E-state index contributed by atoms with van der Waals surface area (Å²) in [7, 11) is -2.03. The van der Waals surface area contributed by atoms with Crippen LogP contribution in [0.4, 0.5) is 10.1 Å². The Morgan fingerprint density at radius 3 is 2.50 bits per heavy atom. The summed E-state index contributed by atoms with van der Waals surface area (Å²) in [5.74, 6) is -1.08. The van der Waals surface area contributed by atoms with Crippen LogP contribution in [0.2, 0.25) is 23.2 Å². The first-order chi connectivity index (χ1) is 9.94. The SMILES string of the molecule is CC(C)(C)[Si](C)(C)OC=C(N)C(=O)Nc1ccc(F)c(Cl)c1. The lowest BCUT2D eigenvalue weighted by atomic mass is 10.2. The van der Waals surface area contributed by atoms with E-state index < -0.39 is 20.0 Å². The Balaban J connectivity index is 2.76. The molecule has 0 unspecified atom stereocenters. The Hall–Kier alpha value is -1.53. The summed E-state index contributed by atoms with van der Waals surface area (Å²) in [6.45, 7) is 10.4. The monoisotopic (exact) mass is 344 g/mol. The van der Waals surface area contributed by atoms with Gasteiger partial charge in [0.05, 0.1) is 11.3 Å². The Bertz CT molecular complexity index is 598. The van der Waals surface area contributed by atoms with Crippen molar-refractivity contribution in [3.05, 3.63) is 41.0 Å². The fourth-order valence-electron chi connectivity index (χ4n) is 1.22. The second-order valence-electron chi connectivity index (χ2n) is 6.53. The van der Waals surface area contributed by atoms with E-state index in [1.807, 2.05) is 0 Å². The normalized spacial score (nSPS) is 13.0. The molecule has 0 saturated carbocycles. The molecule has 0 aliphatic rings. The third kappa shape index (κ3) is 4.74. The lowest BCUT2D eigenvalue weighted by Gasteiger charge is -2.35. The maximum Gasteiger partial charge on any atom is 0.274 e. The van der Waals surface area contributed by atoms with E-state index in [-0.39, 0.29) is 15.8 Å². The maximum atomic E-state index is 13.1. The molecule has 4 nitrogen and oxygen atoms in total. The molecule has 0 bridgehead atoms. The molecule has 7 heteroatoms. The average molecular weight is 345 g/mol. The molecule has 0 fully saturated rings. The van der Waals surface area contributed by atoms with E-state index in [0.717, 1.165) is 0 Å². The first-order valence-corrected chi connectivity index (χ1v) is 10.1. The Kier molecular flexibility index (Phi) is 5.64. The van der Waals surface area contributed by atoms with Crippen molar-refractivity contribution in [2.45, 2.75) is 38.9 Å². The van der Waals surface area contributed by atoms with Gasteiger partial charge >= 0.3 is 0 Å². The number of halogens is 2. The minimum Gasteiger partial charge on any atom is -0.547 e. The van der Waals surface area contributed by atoms with Gasteiger partial charge in [0.25, 0.3) is 5.91 Å². The standard InChI is InChI=1S/C15H22ClFN2O2Si/c1-15(2,3)22(4,5)21-9-13(18)14(20)19-10-6-7-12(17)11(16)8-10/h6-9H,18H2,1-5H3,(H,19,20). The highest BCUT2D eigenvalue weighted by Gasteiger charge is 2.38. The van der Waals surface area contributed by atoms with Crippen molar-refractivity contribution in [3.8, 4) is 0 Å². The maximum absolute atomic E-state index is 13.1. The zero-order valence-electron chi connectivity index (χ0n) is 13.5. The van der Waals surface area contributed by atoms with Crippen molar-refractivity contribution in [2.24, 2.45) is 5.73 Å². The van der Waals surface area contributed by atoms with Crippen LogP contribution < -0.4 is 11.1 Å². The van der Waals surface area contributed by atoms with Crippen LogP contribution >= 0.6 is 11.6 Å². The average Bonchev–Trinajstić information content (AvgIpc) is 2.39. The summed E-state index contributed by atoms with van der Waals surface area (Å²) in [5, 5.41) is 2.47. The van der Waals surface area contributed by atoms with Gasteiger partial charge in [-0.25, -0.2) is 4.39 Å². The summed E-state index contributed by atoms with van der Waals surface area (Å²) in [6.07, 6.45) is 1.29. The molecule has 0 aliphatic heterocycles. The van der Waals surface area contributed by atoms with Crippen molar-refractivity contribution in [3.63, 3.8) is 0 Å². The first kappa shape index (κ1) is 18.5. The highest BCUT2D eigenvalue weighted by atomic mass is 35.5. The number of benzene rings is 1. The second kappa shape index (κ2) is 6.70. The number of amides is 1. The summed E-state index contributed by atoms with van der Waals surface area (Å²) in [5.41, 5.74) is 6.03. The van der Waals surface area contributed by atoms with Crippen LogP contribution in [0, 0.1) is 5.82 Å². The van der Waals surface area contributed by atoms with Gasteiger partial charge < -0.3 is 15.5 Å². The lowest BCUT2D eigenvalue weighted by molar-refractivity contribution is -0.113. The van der Waals surface area contributed by atoms with Crippen LogP contribution in [0.3, 0.4) is 0 Å². The number of anilines is 1. The highest BCUT2D eigenvalue weighted by Crippen LogP contribution is 2.36. The van der Waals surface area contributed by atoms with Gasteiger partial charge in [-0.3, -0.25) is 4.79 Å². The Morgan fingerprint density at radius 2 is 2.00 bits per heavy atom. The number of carbonyl (C=O) groups is 1. The Labute approximate surface area is 136 Å². The molecule has 0 spiro atoms. The predicted molar refractivity (Wildman–Crippen MR) is 90.6 cm³/mol. The number of nitrogens with one attached hydrogen (secondary N) is 1. The zero-order valence-corrected chi connectivity index (χ0v) is 15.2. The van der Waals surface area contributed by atoms with Crippen LogP contribution in [-0.4, -0.2) is 14.2 Å². The van der Waals surface area contributed by atoms with E-state index >= 15 is 0 Å². The van der Waals surface area contributed by atoms with Gasteiger partial charge in [-0.1, -0.05) is 32.4 Å². The first-order valence-electron chi connectivity index (χ1n) is 6.84. The molecule has 1 aromatic carbocycles. The summed E-state index contributed by atoms with van der Waals surface area (Å²) in [6, 6.07) is 3.89. The van der Waals surface area contributed by atoms with Crippen molar-refractivity contribution in [1.82, 2.24) is 0 Å². The molecule has 1 rings (SSSR count). The number of hydrogen-bond donors (Lipinski definition) is 2. The molecule has 0 saturated heterocycles. The van der Waals surface area contributed by atoms with E-state index in [1.165, 1.54) is 24.5 Å². The molecular formula is C15H22ClFN2O2Si. The van der Waals surface area contributed by atoms with Crippen LogP contribution in [0.25, 0.3) is 0 Å². The smallest absolute Gasteiger partial charge is 0.274 e. The molecule has 1 aromatic rings. The van der Waals surface area contributed by atoms with Gasteiger partial charge in [0, 0.05) is 5.69 Å². The minimum absolute atomic E-state index is 0.00470. The zero-order chi connectivity index (χ0) is 17.1. The molecule has 0 radical (unpaired) electrons. The number of nitrogens with two attached hydrogens (primary N) is 1. The topological polar surface area (TPSA) is 64.3 Å². The van der Waals surface area contributed by atoms with E-state index in [0.29, 0.717) is 5.69 Å². The Morgan fingerprint density at radius 1 is 1.41 bits per heavy atom. The van der Waals surface area contributed by atoms with Gasteiger partial charge in [-0.15, -0.1) is 0 Å². The quantitative estimate of drug-likeness (QED) is 0.488. The molecule has 0 aromatic heterocycles. The molecular weight excluding hydrogens is 323 g/mol. The number of carbonyl (C=O) groups excluding carboxylic acids is 1. The lowest BCUT2D eigenvalue weighted by Crippen LogP contribution is -2.39. The number of hydrogen-bond acceptors (Lipinski definition) is 3. The third-order valence-electron chi connectivity index (χ3n) is 3.73. The van der Waals surface area contributed by atoms with Crippen molar-refractivity contribution >= 4 is 31.5 Å². The summed E-state index contributed by atoms with van der Waals surface area (Å²) < 4.78 is 18.8. The third-order valence-corrected chi connectivity index (χ3v) is 8.34. The van der Waals surface area contributed by atoms with Crippen molar-refractivity contribution < 1.29 is 13.6 Å². The molecule has 22 heavy (non-hydrogen) atoms. The summed E-state index contributed by atoms with van der Waals surface area (Å²) >= 11 is 5.66. The number of rotatable bonds is 4. The largest absolute Gasteiger partial charge is 0.547 e. The van der Waals surface area contributed by atoms with Gasteiger partial charge in [-0.2, -0.15) is 0 Å². The minimum atomic E-state index is -2.03. The van der Waals surface area contributed by atoms with Crippen molar-refractivity contribution in [1.29, 1.82) is 0 Å². The molecule has 3 N–H and O–H groups in total. The molecule has 122 valence electrons. The van der Waals surface area contributed by atoms with Gasteiger partial charge in [0.15, 0.2) is 0 Å². The summed E-state index contributed by atoms with van der Waals surface area (Å²) in [4.78, 5) is 12.0. The fourth-order valence-corrected chi connectivity index (χ4v) is 2.17.